The predicted molar refractivity (Wildman–Crippen MR) is 81.9 cm³/mol. The summed E-state index contributed by atoms with van der Waals surface area (Å²) in [6.45, 7) is 14.0. The van der Waals surface area contributed by atoms with Crippen molar-refractivity contribution in [1.82, 2.24) is 4.90 Å². The van der Waals surface area contributed by atoms with Gasteiger partial charge < -0.3 is 9.53 Å². The minimum atomic E-state index is -1.62. The maximum Gasteiger partial charge on any atom is 0.192 e. The van der Waals surface area contributed by atoms with Gasteiger partial charge in [-0.25, -0.2) is 0 Å². The highest BCUT2D eigenvalue weighted by molar-refractivity contribution is 6.74. The molecule has 19 heavy (non-hydrogen) atoms. The molecule has 0 aromatic rings. The molecule has 0 radical (unpaired) electrons. The van der Waals surface area contributed by atoms with E-state index in [2.05, 4.69) is 38.8 Å². The molecule has 2 heterocycles. The van der Waals surface area contributed by atoms with E-state index in [9.17, 15) is 5.11 Å². The summed E-state index contributed by atoms with van der Waals surface area (Å²) in [5.41, 5.74) is 0. The highest BCUT2D eigenvalue weighted by Crippen LogP contribution is 2.39. The van der Waals surface area contributed by atoms with Gasteiger partial charge in [-0.1, -0.05) is 20.8 Å². The van der Waals surface area contributed by atoms with Gasteiger partial charge in [-0.05, 0) is 49.9 Å². The van der Waals surface area contributed by atoms with Crippen LogP contribution in [0.5, 0.6) is 0 Å². The Morgan fingerprint density at radius 3 is 2.47 bits per heavy atom. The van der Waals surface area contributed by atoms with Crippen LogP contribution in [-0.4, -0.2) is 50.2 Å². The summed E-state index contributed by atoms with van der Waals surface area (Å²) >= 11 is 0. The van der Waals surface area contributed by atoms with E-state index in [0.717, 1.165) is 19.6 Å². The number of aliphatic hydroxyl groups is 1. The van der Waals surface area contributed by atoms with E-state index in [4.69, 9.17) is 4.43 Å². The molecule has 3 nitrogen and oxygen atoms in total. The van der Waals surface area contributed by atoms with Crippen LogP contribution in [0.2, 0.25) is 18.1 Å². The van der Waals surface area contributed by atoms with Crippen molar-refractivity contribution in [3.63, 3.8) is 0 Å². The highest BCUT2D eigenvalue weighted by atomic mass is 28.4. The lowest BCUT2D eigenvalue weighted by molar-refractivity contribution is 0.139. The standard InChI is InChI=1S/C15H31NO2Si/c1-15(2,3)19(4,5)18-11-13-6-7-14-12(10-17)8-9-16(13)14/h12-14,17H,6-11H2,1-5H3/t12-,13?,14?/m0/s1. The lowest BCUT2D eigenvalue weighted by Gasteiger charge is -2.38. The van der Waals surface area contributed by atoms with Gasteiger partial charge in [0.1, 0.15) is 0 Å². The maximum atomic E-state index is 9.41. The van der Waals surface area contributed by atoms with E-state index in [1.165, 1.54) is 12.8 Å². The molecular weight excluding hydrogens is 254 g/mol. The molecule has 2 saturated heterocycles. The van der Waals surface area contributed by atoms with Crippen molar-refractivity contribution in [3.05, 3.63) is 0 Å². The number of aliphatic hydroxyl groups excluding tert-OH is 1. The lowest BCUT2D eigenvalue weighted by Crippen LogP contribution is -2.45. The fourth-order valence-electron chi connectivity index (χ4n) is 3.24. The molecule has 4 heteroatoms. The molecule has 0 spiro atoms. The van der Waals surface area contributed by atoms with Crippen LogP contribution in [0.25, 0.3) is 0 Å². The Morgan fingerprint density at radius 2 is 1.89 bits per heavy atom. The van der Waals surface area contributed by atoms with Crippen molar-refractivity contribution in [2.24, 2.45) is 5.92 Å². The third-order valence-corrected chi connectivity index (χ3v) is 10.2. The summed E-state index contributed by atoms with van der Waals surface area (Å²) in [4.78, 5) is 2.61. The third-order valence-electron chi connectivity index (χ3n) is 5.67. The number of rotatable bonds is 4. The van der Waals surface area contributed by atoms with E-state index in [-0.39, 0.29) is 0 Å². The van der Waals surface area contributed by atoms with Crippen molar-refractivity contribution in [2.45, 2.75) is 70.2 Å². The maximum absolute atomic E-state index is 9.41. The molecule has 2 unspecified atom stereocenters. The summed E-state index contributed by atoms with van der Waals surface area (Å²) in [5, 5.41) is 9.71. The van der Waals surface area contributed by atoms with Crippen LogP contribution < -0.4 is 0 Å². The molecule has 2 rings (SSSR count). The monoisotopic (exact) mass is 285 g/mol. The number of nitrogens with zero attached hydrogens (tertiary/aromatic N) is 1. The van der Waals surface area contributed by atoms with E-state index < -0.39 is 8.32 Å². The van der Waals surface area contributed by atoms with Gasteiger partial charge in [0.15, 0.2) is 8.32 Å². The minimum absolute atomic E-state index is 0.295. The van der Waals surface area contributed by atoms with Gasteiger partial charge >= 0.3 is 0 Å². The molecule has 0 aliphatic carbocycles. The predicted octanol–water partition coefficient (Wildman–Crippen LogP) is 2.85. The Bertz CT molecular complexity index is 314. The van der Waals surface area contributed by atoms with Gasteiger partial charge in [-0.3, -0.25) is 4.90 Å². The van der Waals surface area contributed by atoms with Crippen LogP contribution in [0.3, 0.4) is 0 Å². The van der Waals surface area contributed by atoms with Gasteiger partial charge in [0.2, 0.25) is 0 Å². The zero-order valence-corrected chi connectivity index (χ0v) is 14.3. The second-order valence-electron chi connectivity index (χ2n) is 7.84. The van der Waals surface area contributed by atoms with Gasteiger partial charge in [0.05, 0.1) is 0 Å². The molecule has 1 N–H and O–H groups in total. The van der Waals surface area contributed by atoms with E-state index in [0.29, 0.717) is 29.6 Å². The molecule has 2 aliphatic heterocycles. The smallest absolute Gasteiger partial charge is 0.192 e. The number of hydrogen-bond donors (Lipinski definition) is 1. The average Bonchev–Trinajstić information content (AvgIpc) is 2.85. The summed E-state index contributed by atoms with van der Waals surface area (Å²) < 4.78 is 6.39. The van der Waals surface area contributed by atoms with Gasteiger partial charge in [-0.2, -0.15) is 0 Å². The van der Waals surface area contributed by atoms with Gasteiger partial charge in [0, 0.05) is 25.3 Å². The Labute approximate surface area is 119 Å². The molecule has 0 amide bonds. The highest BCUT2D eigenvalue weighted by Gasteiger charge is 2.44. The number of fused-ring (bicyclic) bond motifs is 1. The third kappa shape index (κ3) is 3.07. The Kier molecular flexibility index (Phi) is 4.46. The van der Waals surface area contributed by atoms with E-state index in [1.807, 2.05) is 0 Å². The Morgan fingerprint density at radius 1 is 1.21 bits per heavy atom. The normalized spacial score (nSPS) is 32.8. The second-order valence-corrected chi connectivity index (χ2v) is 12.6. The van der Waals surface area contributed by atoms with Crippen LogP contribution in [0.15, 0.2) is 0 Å². The summed E-state index contributed by atoms with van der Waals surface area (Å²) in [6, 6.07) is 1.22. The quantitative estimate of drug-likeness (QED) is 0.806. The first-order valence-corrected chi connectivity index (χ1v) is 10.7. The van der Waals surface area contributed by atoms with Crippen molar-refractivity contribution in [3.8, 4) is 0 Å². The molecule has 0 aromatic heterocycles. The zero-order chi connectivity index (χ0) is 14.3. The van der Waals surface area contributed by atoms with Gasteiger partial charge in [-0.15, -0.1) is 0 Å². The zero-order valence-electron chi connectivity index (χ0n) is 13.3. The molecule has 0 bridgehead atoms. The lowest BCUT2D eigenvalue weighted by atomic mass is 9.99. The van der Waals surface area contributed by atoms with Crippen molar-refractivity contribution >= 4 is 8.32 Å². The number of hydrogen-bond acceptors (Lipinski definition) is 3. The SMILES string of the molecule is CC(C)(C)[Si](C)(C)OCC1CCC2[C@H](CO)CCN12. The molecule has 112 valence electrons. The molecule has 2 fully saturated rings. The summed E-state index contributed by atoms with van der Waals surface area (Å²) in [7, 11) is -1.62. The average molecular weight is 286 g/mol. The van der Waals surface area contributed by atoms with Crippen molar-refractivity contribution < 1.29 is 9.53 Å². The topological polar surface area (TPSA) is 32.7 Å². The molecule has 0 aromatic carbocycles. The van der Waals surface area contributed by atoms with Crippen LogP contribution in [0, 0.1) is 5.92 Å². The van der Waals surface area contributed by atoms with Crippen molar-refractivity contribution in [1.29, 1.82) is 0 Å². The second kappa shape index (κ2) is 5.47. The minimum Gasteiger partial charge on any atom is -0.415 e. The fraction of sp³-hybridized carbons (Fsp3) is 1.00. The Balaban J connectivity index is 1.89. The van der Waals surface area contributed by atoms with Gasteiger partial charge in [0.25, 0.3) is 0 Å². The largest absolute Gasteiger partial charge is 0.415 e. The van der Waals surface area contributed by atoms with Crippen LogP contribution >= 0.6 is 0 Å². The molecule has 3 atom stereocenters. The molecule has 0 saturated carbocycles. The fourth-order valence-corrected chi connectivity index (χ4v) is 4.28. The summed E-state index contributed by atoms with van der Waals surface area (Å²) in [5.74, 6) is 0.512. The first-order chi connectivity index (χ1) is 8.76. The van der Waals surface area contributed by atoms with Crippen molar-refractivity contribution in [2.75, 3.05) is 19.8 Å². The molecule has 2 aliphatic rings. The van der Waals surface area contributed by atoms with Crippen LogP contribution in [0.1, 0.15) is 40.0 Å². The van der Waals surface area contributed by atoms with Crippen LogP contribution in [0.4, 0.5) is 0 Å². The van der Waals surface area contributed by atoms with Crippen LogP contribution in [-0.2, 0) is 4.43 Å². The summed E-state index contributed by atoms with van der Waals surface area (Å²) in [6.07, 6.45) is 3.66. The molecular formula is C15H31NO2Si. The first kappa shape index (κ1) is 15.5. The first-order valence-electron chi connectivity index (χ1n) is 7.77. The Hall–Kier alpha value is 0.0969. The van der Waals surface area contributed by atoms with E-state index >= 15 is 0 Å². The van der Waals surface area contributed by atoms with E-state index in [1.54, 1.807) is 0 Å².